The third kappa shape index (κ3) is 3.69. The summed E-state index contributed by atoms with van der Waals surface area (Å²) in [7, 11) is 0. The highest BCUT2D eigenvalue weighted by Crippen LogP contribution is 2.24. The first kappa shape index (κ1) is 13.4. The van der Waals surface area contributed by atoms with Gasteiger partial charge in [0.1, 0.15) is 5.75 Å². The zero-order valence-corrected chi connectivity index (χ0v) is 10.8. The van der Waals surface area contributed by atoms with Crippen molar-refractivity contribution >= 4 is 16.7 Å². The zero-order valence-electron chi connectivity index (χ0n) is 10.8. The third-order valence-corrected chi connectivity index (χ3v) is 2.81. The normalized spacial score (nSPS) is 10.4. The van der Waals surface area contributed by atoms with E-state index in [0.29, 0.717) is 13.1 Å². The first-order chi connectivity index (χ1) is 9.31. The highest BCUT2D eigenvalue weighted by Gasteiger charge is 2.04. The maximum absolute atomic E-state index is 11.6. The molecule has 0 heterocycles. The molecule has 0 bridgehead atoms. The quantitative estimate of drug-likeness (QED) is 0.775. The average molecular weight is 258 g/mol. The highest BCUT2D eigenvalue weighted by atomic mass is 16.5. The van der Waals surface area contributed by atoms with Crippen LogP contribution in [0.15, 0.2) is 42.5 Å². The maximum atomic E-state index is 11.6. The van der Waals surface area contributed by atoms with Crippen molar-refractivity contribution in [2.45, 2.75) is 6.42 Å². The Kier molecular flexibility index (Phi) is 4.75. The molecular weight excluding hydrogens is 240 g/mol. The molecule has 2 aromatic rings. The number of rotatable bonds is 6. The Morgan fingerprint density at radius 2 is 1.95 bits per heavy atom. The number of carbonyl (C=O) groups is 1. The average Bonchev–Trinajstić information content (AvgIpc) is 2.45. The molecule has 100 valence electrons. The zero-order chi connectivity index (χ0) is 13.5. The summed E-state index contributed by atoms with van der Waals surface area (Å²) in [4.78, 5) is 11.6. The van der Waals surface area contributed by atoms with Gasteiger partial charge in [-0.2, -0.15) is 0 Å². The predicted molar refractivity (Wildman–Crippen MR) is 76.1 cm³/mol. The SMILES string of the molecule is NCCCNC(=O)COc1cccc2ccccc12. The minimum Gasteiger partial charge on any atom is -0.483 e. The van der Waals surface area contributed by atoms with E-state index in [1.165, 1.54) is 0 Å². The Morgan fingerprint density at radius 3 is 2.79 bits per heavy atom. The molecular formula is C15H18N2O2. The van der Waals surface area contributed by atoms with Crippen LogP contribution in [0.5, 0.6) is 5.75 Å². The number of nitrogens with two attached hydrogens (primary N) is 1. The Hall–Kier alpha value is -2.07. The van der Waals surface area contributed by atoms with Crippen molar-refractivity contribution in [3.8, 4) is 5.75 Å². The molecule has 0 atom stereocenters. The minimum atomic E-state index is -0.124. The monoisotopic (exact) mass is 258 g/mol. The predicted octanol–water partition coefficient (Wildman–Crippen LogP) is 1.68. The van der Waals surface area contributed by atoms with E-state index in [0.717, 1.165) is 22.9 Å². The molecule has 0 aliphatic carbocycles. The molecule has 0 aliphatic heterocycles. The summed E-state index contributed by atoms with van der Waals surface area (Å²) in [5.74, 6) is 0.605. The Labute approximate surface area is 112 Å². The van der Waals surface area contributed by atoms with Crippen LogP contribution in [-0.4, -0.2) is 25.6 Å². The lowest BCUT2D eigenvalue weighted by molar-refractivity contribution is -0.123. The molecule has 0 radical (unpaired) electrons. The van der Waals surface area contributed by atoms with Gasteiger partial charge in [-0.1, -0.05) is 36.4 Å². The van der Waals surface area contributed by atoms with Crippen LogP contribution >= 0.6 is 0 Å². The van der Waals surface area contributed by atoms with Gasteiger partial charge in [-0.15, -0.1) is 0 Å². The van der Waals surface area contributed by atoms with Crippen LogP contribution in [0.4, 0.5) is 0 Å². The smallest absolute Gasteiger partial charge is 0.257 e. The van der Waals surface area contributed by atoms with E-state index in [-0.39, 0.29) is 12.5 Å². The number of fused-ring (bicyclic) bond motifs is 1. The van der Waals surface area contributed by atoms with Crippen molar-refractivity contribution in [3.05, 3.63) is 42.5 Å². The van der Waals surface area contributed by atoms with Crippen molar-refractivity contribution < 1.29 is 9.53 Å². The lowest BCUT2D eigenvalue weighted by Crippen LogP contribution is -2.30. The van der Waals surface area contributed by atoms with Crippen molar-refractivity contribution in [3.63, 3.8) is 0 Å². The lowest BCUT2D eigenvalue weighted by Gasteiger charge is -2.09. The summed E-state index contributed by atoms with van der Waals surface area (Å²) in [6, 6.07) is 13.7. The largest absolute Gasteiger partial charge is 0.483 e. The fourth-order valence-electron chi connectivity index (χ4n) is 1.85. The van der Waals surface area contributed by atoms with Gasteiger partial charge in [0.2, 0.25) is 0 Å². The van der Waals surface area contributed by atoms with Gasteiger partial charge in [-0.3, -0.25) is 4.79 Å². The van der Waals surface area contributed by atoms with Gasteiger partial charge in [0.15, 0.2) is 6.61 Å². The van der Waals surface area contributed by atoms with Crippen LogP contribution in [0.1, 0.15) is 6.42 Å². The molecule has 4 heteroatoms. The summed E-state index contributed by atoms with van der Waals surface area (Å²) in [5, 5.41) is 4.87. The molecule has 3 N–H and O–H groups in total. The molecule has 0 saturated heterocycles. The van der Waals surface area contributed by atoms with E-state index >= 15 is 0 Å². The number of nitrogens with one attached hydrogen (secondary N) is 1. The number of carbonyl (C=O) groups excluding carboxylic acids is 1. The van der Waals surface area contributed by atoms with Crippen LogP contribution in [0.3, 0.4) is 0 Å². The van der Waals surface area contributed by atoms with Crippen molar-refractivity contribution in [2.24, 2.45) is 5.73 Å². The summed E-state index contributed by atoms with van der Waals surface area (Å²) < 4.78 is 5.57. The molecule has 0 aromatic heterocycles. The van der Waals surface area contributed by atoms with Crippen LogP contribution < -0.4 is 15.8 Å². The molecule has 4 nitrogen and oxygen atoms in total. The highest BCUT2D eigenvalue weighted by molar-refractivity contribution is 5.88. The van der Waals surface area contributed by atoms with Gasteiger partial charge in [-0.05, 0) is 24.4 Å². The first-order valence-corrected chi connectivity index (χ1v) is 6.38. The number of amides is 1. The van der Waals surface area contributed by atoms with Gasteiger partial charge >= 0.3 is 0 Å². The summed E-state index contributed by atoms with van der Waals surface area (Å²) >= 11 is 0. The second kappa shape index (κ2) is 6.75. The van der Waals surface area contributed by atoms with Crippen LogP contribution in [0.2, 0.25) is 0 Å². The number of hydrogen-bond donors (Lipinski definition) is 2. The summed E-state index contributed by atoms with van der Waals surface area (Å²) in [6.07, 6.45) is 0.778. The van der Waals surface area contributed by atoms with Crippen molar-refractivity contribution in [1.82, 2.24) is 5.32 Å². The lowest BCUT2D eigenvalue weighted by atomic mass is 10.1. The van der Waals surface area contributed by atoms with Gasteiger partial charge in [0.25, 0.3) is 5.91 Å². The summed E-state index contributed by atoms with van der Waals surface area (Å²) in [5.41, 5.74) is 5.36. The van der Waals surface area contributed by atoms with Crippen molar-refractivity contribution in [1.29, 1.82) is 0 Å². The van der Waals surface area contributed by atoms with E-state index < -0.39 is 0 Å². The topological polar surface area (TPSA) is 64.3 Å². The van der Waals surface area contributed by atoms with E-state index in [4.69, 9.17) is 10.5 Å². The first-order valence-electron chi connectivity index (χ1n) is 6.38. The van der Waals surface area contributed by atoms with E-state index in [2.05, 4.69) is 5.32 Å². The molecule has 0 aliphatic rings. The van der Waals surface area contributed by atoms with Crippen LogP contribution in [0, 0.1) is 0 Å². The number of hydrogen-bond acceptors (Lipinski definition) is 3. The van der Waals surface area contributed by atoms with Gasteiger partial charge < -0.3 is 15.8 Å². The molecule has 0 unspecified atom stereocenters. The van der Waals surface area contributed by atoms with Crippen molar-refractivity contribution in [2.75, 3.05) is 19.7 Å². The molecule has 2 aromatic carbocycles. The molecule has 0 spiro atoms. The van der Waals surface area contributed by atoms with Gasteiger partial charge in [0.05, 0.1) is 0 Å². The number of ether oxygens (including phenoxy) is 1. The standard InChI is InChI=1S/C15H18N2O2/c16-9-4-10-17-15(18)11-19-14-8-3-6-12-5-1-2-7-13(12)14/h1-3,5-8H,4,9-11,16H2,(H,17,18). The van der Waals surface area contributed by atoms with E-state index in [9.17, 15) is 4.79 Å². The fourth-order valence-corrected chi connectivity index (χ4v) is 1.85. The molecule has 19 heavy (non-hydrogen) atoms. The van der Waals surface area contributed by atoms with E-state index in [1.54, 1.807) is 0 Å². The third-order valence-electron chi connectivity index (χ3n) is 2.81. The fraction of sp³-hybridized carbons (Fsp3) is 0.267. The second-order valence-corrected chi connectivity index (χ2v) is 4.26. The van der Waals surface area contributed by atoms with Crippen LogP contribution in [-0.2, 0) is 4.79 Å². The minimum absolute atomic E-state index is 0.0264. The summed E-state index contributed by atoms with van der Waals surface area (Å²) in [6.45, 7) is 1.19. The molecule has 0 fully saturated rings. The van der Waals surface area contributed by atoms with Crippen LogP contribution in [0.25, 0.3) is 10.8 Å². The Bertz CT molecular complexity index is 549. The Balaban J connectivity index is 1.96. The Morgan fingerprint density at radius 1 is 1.16 bits per heavy atom. The van der Waals surface area contributed by atoms with Gasteiger partial charge in [-0.25, -0.2) is 0 Å². The maximum Gasteiger partial charge on any atom is 0.257 e. The van der Waals surface area contributed by atoms with Gasteiger partial charge in [0, 0.05) is 11.9 Å². The molecule has 1 amide bonds. The second-order valence-electron chi connectivity index (χ2n) is 4.26. The van der Waals surface area contributed by atoms with E-state index in [1.807, 2.05) is 42.5 Å². The molecule has 2 rings (SSSR count). The number of benzene rings is 2. The molecule has 0 saturated carbocycles.